The van der Waals surface area contributed by atoms with E-state index in [9.17, 15) is 9.59 Å². The maximum absolute atomic E-state index is 11.8. The number of methoxy groups -OCH3 is 1. The third-order valence-corrected chi connectivity index (χ3v) is 2.66. The molecule has 0 aromatic carbocycles. The first-order valence-corrected chi connectivity index (χ1v) is 5.03. The van der Waals surface area contributed by atoms with Crippen molar-refractivity contribution in [3.63, 3.8) is 0 Å². The van der Waals surface area contributed by atoms with Gasteiger partial charge in [0.1, 0.15) is 6.29 Å². The minimum Gasteiger partial charge on any atom is -0.493 e. The molecule has 0 saturated heterocycles. The van der Waals surface area contributed by atoms with Crippen molar-refractivity contribution in [2.45, 2.75) is 32.1 Å². The highest BCUT2D eigenvalue weighted by atomic mass is 16.5. The lowest BCUT2D eigenvalue weighted by Gasteiger charge is -2.20. The van der Waals surface area contributed by atoms with E-state index in [0.717, 1.165) is 25.7 Å². The van der Waals surface area contributed by atoms with Gasteiger partial charge in [-0.1, -0.05) is 19.3 Å². The lowest BCUT2D eigenvalue weighted by Crippen LogP contribution is -2.20. The van der Waals surface area contributed by atoms with Gasteiger partial charge >= 0.3 is 0 Å². The van der Waals surface area contributed by atoms with Crippen LogP contribution < -0.4 is 0 Å². The molecule has 0 radical (unpaired) electrons. The van der Waals surface area contributed by atoms with Gasteiger partial charge in [-0.2, -0.15) is 0 Å². The molecule has 14 heavy (non-hydrogen) atoms. The van der Waals surface area contributed by atoms with Gasteiger partial charge in [-0.15, -0.1) is 0 Å². The number of hydrogen-bond donors (Lipinski definition) is 0. The van der Waals surface area contributed by atoms with E-state index in [1.807, 2.05) is 0 Å². The third kappa shape index (κ3) is 2.69. The van der Waals surface area contributed by atoms with E-state index in [4.69, 9.17) is 4.74 Å². The van der Waals surface area contributed by atoms with Crippen molar-refractivity contribution in [2.75, 3.05) is 7.11 Å². The van der Waals surface area contributed by atoms with Crippen molar-refractivity contribution in [2.24, 2.45) is 5.92 Å². The number of carbonyl (C=O) groups excluding carboxylic acids is 2. The van der Waals surface area contributed by atoms with Crippen LogP contribution in [0.1, 0.15) is 32.1 Å². The maximum atomic E-state index is 11.8. The van der Waals surface area contributed by atoms with Crippen LogP contribution in [0.15, 0.2) is 11.8 Å². The number of hydrogen-bond acceptors (Lipinski definition) is 3. The molecule has 1 rings (SSSR count). The number of carbonyl (C=O) groups is 2. The molecule has 0 aromatic heterocycles. The topological polar surface area (TPSA) is 43.4 Å². The molecule has 1 saturated carbocycles. The molecule has 0 aromatic rings. The van der Waals surface area contributed by atoms with E-state index in [0.29, 0.717) is 6.29 Å². The number of ether oxygens (including phenoxy) is 1. The first-order valence-electron chi connectivity index (χ1n) is 5.03. The number of Topliss-reactive ketones (excluding diaryl/α,β-unsaturated/α-hetero) is 1. The number of allylic oxidation sites excluding steroid dienone is 2. The van der Waals surface area contributed by atoms with E-state index in [-0.39, 0.29) is 17.5 Å². The van der Waals surface area contributed by atoms with Crippen LogP contribution >= 0.6 is 0 Å². The Morgan fingerprint density at radius 2 is 1.93 bits per heavy atom. The average Bonchev–Trinajstić information content (AvgIpc) is 2.26. The summed E-state index contributed by atoms with van der Waals surface area (Å²) >= 11 is 0. The van der Waals surface area contributed by atoms with Crippen LogP contribution in [0.4, 0.5) is 0 Å². The zero-order chi connectivity index (χ0) is 10.4. The molecule has 1 aliphatic carbocycles. The molecule has 0 unspecified atom stereocenters. The minimum absolute atomic E-state index is 0.0145. The molecule has 3 nitrogen and oxygen atoms in total. The van der Waals surface area contributed by atoms with E-state index in [1.54, 1.807) is 0 Å². The first kappa shape index (κ1) is 11.0. The molecular weight excluding hydrogens is 180 g/mol. The monoisotopic (exact) mass is 196 g/mol. The van der Waals surface area contributed by atoms with Crippen molar-refractivity contribution < 1.29 is 14.3 Å². The molecule has 0 spiro atoms. The van der Waals surface area contributed by atoms with Crippen LogP contribution in [-0.4, -0.2) is 19.2 Å². The average molecular weight is 196 g/mol. The Kier molecular flexibility index (Phi) is 4.36. The minimum atomic E-state index is -0.0145. The molecule has 0 bridgehead atoms. The molecular formula is C11H16O3. The standard InChI is InChI=1S/C11H16O3/c1-14-10(7-8-12)11(13)9-5-3-2-4-6-9/h7-9H,2-6H2,1H3/b10-7+. The van der Waals surface area contributed by atoms with Crippen molar-refractivity contribution in [1.29, 1.82) is 0 Å². The second kappa shape index (κ2) is 5.58. The van der Waals surface area contributed by atoms with E-state index in [2.05, 4.69) is 0 Å². The highest BCUT2D eigenvalue weighted by molar-refractivity contribution is 5.98. The fourth-order valence-electron chi connectivity index (χ4n) is 1.88. The number of rotatable bonds is 4. The maximum Gasteiger partial charge on any atom is 0.200 e. The summed E-state index contributed by atoms with van der Waals surface area (Å²) in [5.74, 6) is 0.251. The van der Waals surface area contributed by atoms with Gasteiger partial charge in [0.2, 0.25) is 5.78 Å². The van der Waals surface area contributed by atoms with E-state index in [1.165, 1.54) is 19.6 Å². The Morgan fingerprint density at radius 3 is 2.43 bits per heavy atom. The molecule has 0 N–H and O–H groups in total. The molecule has 1 fully saturated rings. The Balaban J connectivity index is 2.61. The normalized spacial score (nSPS) is 19.1. The quantitative estimate of drug-likeness (QED) is 0.391. The van der Waals surface area contributed by atoms with Gasteiger partial charge in [0.05, 0.1) is 7.11 Å². The van der Waals surface area contributed by atoms with Gasteiger partial charge in [0.25, 0.3) is 0 Å². The first-order chi connectivity index (χ1) is 6.79. The van der Waals surface area contributed by atoms with Gasteiger partial charge in [0.15, 0.2) is 5.76 Å². The summed E-state index contributed by atoms with van der Waals surface area (Å²) < 4.78 is 4.89. The molecule has 0 atom stereocenters. The fourth-order valence-corrected chi connectivity index (χ4v) is 1.88. The lowest BCUT2D eigenvalue weighted by atomic mass is 9.85. The highest BCUT2D eigenvalue weighted by Crippen LogP contribution is 2.26. The summed E-state index contributed by atoms with van der Waals surface area (Å²) in [4.78, 5) is 22.0. The van der Waals surface area contributed by atoms with Gasteiger partial charge in [-0.3, -0.25) is 9.59 Å². The summed E-state index contributed by atoms with van der Waals surface area (Å²) in [6.07, 6.45) is 7.08. The smallest absolute Gasteiger partial charge is 0.200 e. The number of ketones is 1. The van der Waals surface area contributed by atoms with Crippen LogP contribution in [-0.2, 0) is 14.3 Å². The Hall–Kier alpha value is -1.12. The van der Waals surface area contributed by atoms with Gasteiger partial charge in [0, 0.05) is 12.0 Å². The SMILES string of the molecule is CO/C(=C/C=O)C(=O)C1CCCCC1. The summed E-state index contributed by atoms with van der Waals surface area (Å²) in [7, 11) is 1.43. The van der Waals surface area contributed by atoms with E-state index < -0.39 is 0 Å². The van der Waals surface area contributed by atoms with Crippen molar-refractivity contribution in [1.82, 2.24) is 0 Å². The summed E-state index contributed by atoms with van der Waals surface area (Å²) in [6, 6.07) is 0. The van der Waals surface area contributed by atoms with Crippen LogP contribution in [0.25, 0.3) is 0 Å². The van der Waals surface area contributed by atoms with Crippen molar-refractivity contribution >= 4 is 12.1 Å². The summed E-state index contributed by atoms with van der Waals surface area (Å²) in [5.41, 5.74) is 0. The molecule has 78 valence electrons. The Morgan fingerprint density at radius 1 is 1.29 bits per heavy atom. The van der Waals surface area contributed by atoms with Crippen molar-refractivity contribution in [3.8, 4) is 0 Å². The van der Waals surface area contributed by atoms with Gasteiger partial charge in [-0.25, -0.2) is 0 Å². The molecule has 0 amide bonds. The Labute approximate surface area is 84.1 Å². The Bertz CT molecular complexity index is 237. The van der Waals surface area contributed by atoms with Crippen LogP contribution in [0.3, 0.4) is 0 Å². The molecule has 1 aliphatic rings. The summed E-state index contributed by atoms with van der Waals surface area (Å²) in [6.45, 7) is 0. The van der Waals surface area contributed by atoms with Crippen LogP contribution in [0.2, 0.25) is 0 Å². The largest absolute Gasteiger partial charge is 0.493 e. The molecule has 0 heterocycles. The zero-order valence-corrected chi connectivity index (χ0v) is 8.49. The van der Waals surface area contributed by atoms with Crippen molar-refractivity contribution in [3.05, 3.63) is 11.8 Å². The predicted octanol–water partition coefficient (Wildman–Crippen LogP) is 1.86. The van der Waals surface area contributed by atoms with Gasteiger partial charge < -0.3 is 4.74 Å². The van der Waals surface area contributed by atoms with Crippen LogP contribution in [0.5, 0.6) is 0 Å². The third-order valence-electron chi connectivity index (χ3n) is 2.66. The predicted molar refractivity (Wildman–Crippen MR) is 52.7 cm³/mol. The van der Waals surface area contributed by atoms with E-state index >= 15 is 0 Å². The second-order valence-corrected chi connectivity index (χ2v) is 3.57. The summed E-state index contributed by atoms with van der Waals surface area (Å²) in [5, 5.41) is 0. The number of aldehydes is 1. The van der Waals surface area contributed by atoms with Gasteiger partial charge in [-0.05, 0) is 12.8 Å². The molecule has 0 aliphatic heterocycles. The zero-order valence-electron chi connectivity index (χ0n) is 8.49. The highest BCUT2D eigenvalue weighted by Gasteiger charge is 2.24. The lowest BCUT2D eigenvalue weighted by molar-refractivity contribution is -0.123. The second-order valence-electron chi connectivity index (χ2n) is 3.57. The fraction of sp³-hybridized carbons (Fsp3) is 0.636. The molecule has 3 heteroatoms. The van der Waals surface area contributed by atoms with Crippen LogP contribution in [0, 0.1) is 5.92 Å².